The molecule has 29 heavy (non-hydrogen) atoms. The lowest BCUT2D eigenvalue weighted by atomic mass is 9.95. The number of para-hydroxylation sites is 1. The third kappa shape index (κ3) is 4.07. The SMILES string of the molecule is CCOC(=O)c1c(NC(=O)CSc2c(C)[nH]c3ccccc23)sc2c1CCCC2. The second-order valence-electron chi connectivity index (χ2n) is 7.10. The van der Waals surface area contributed by atoms with Crippen molar-refractivity contribution in [3.63, 3.8) is 0 Å². The van der Waals surface area contributed by atoms with E-state index in [1.54, 1.807) is 6.92 Å². The van der Waals surface area contributed by atoms with Gasteiger partial charge in [-0.25, -0.2) is 4.79 Å². The lowest BCUT2D eigenvalue weighted by Gasteiger charge is -2.12. The van der Waals surface area contributed by atoms with Crippen LogP contribution in [0.25, 0.3) is 10.9 Å². The number of nitrogens with one attached hydrogen (secondary N) is 2. The number of H-pyrrole nitrogens is 1. The van der Waals surface area contributed by atoms with Gasteiger partial charge in [0.15, 0.2) is 0 Å². The third-order valence-corrected chi connectivity index (χ3v) is 7.51. The summed E-state index contributed by atoms with van der Waals surface area (Å²) in [5.74, 6) is -0.154. The van der Waals surface area contributed by atoms with Crippen LogP contribution in [0.2, 0.25) is 0 Å². The summed E-state index contributed by atoms with van der Waals surface area (Å²) in [6.45, 7) is 4.15. The van der Waals surface area contributed by atoms with Gasteiger partial charge in [0.05, 0.1) is 17.9 Å². The number of thiophene rings is 1. The monoisotopic (exact) mass is 428 g/mol. The number of rotatable bonds is 6. The Labute approximate surface area is 178 Å². The summed E-state index contributed by atoms with van der Waals surface area (Å²) in [5, 5.41) is 4.75. The highest BCUT2D eigenvalue weighted by atomic mass is 32.2. The Kier molecular flexibility index (Phi) is 5.96. The number of hydrogen-bond donors (Lipinski definition) is 2. The molecule has 0 unspecified atom stereocenters. The highest BCUT2D eigenvalue weighted by Gasteiger charge is 2.27. The molecule has 2 aromatic heterocycles. The molecule has 2 heterocycles. The van der Waals surface area contributed by atoms with Crippen molar-refractivity contribution in [2.24, 2.45) is 0 Å². The Bertz CT molecular complexity index is 1070. The van der Waals surface area contributed by atoms with Gasteiger partial charge in [0.25, 0.3) is 0 Å². The van der Waals surface area contributed by atoms with Gasteiger partial charge < -0.3 is 15.0 Å². The molecule has 4 rings (SSSR count). The number of carbonyl (C=O) groups is 2. The number of benzene rings is 1. The second-order valence-corrected chi connectivity index (χ2v) is 9.19. The number of carbonyl (C=O) groups excluding carboxylic acids is 2. The highest BCUT2D eigenvalue weighted by Crippen LogP contribution is 2.39. The summed E-state index contributed by atoms with van der Waals surface area (Å²) in [6.07, 6.45) is 4.03. The minimum atomic E-state index is -0.331. The number of esters is 1. The summed E-state index contributed by atoms with van der Waals surface area (Å²) in [7, 11) is 0. The van der Waals surface area contributed by atoms with Gasteiger partial charge in [0.2, 0.25) is 5.91 Å². The van der Waals surface area contributed by atoms with Crippen LogP contribution in [-0.4, -0.2) is 29.2 Å². The van der Waals surface area contributed by atoms with Crippen LogP contribution in [0.5, 0.6) is 0 Å². The van der Waals surface area contributed by atoms with Crippen molar-refractivity contribution < 1.29 is 14.3 Å². The van der Waals surface area contributed by atoms with Gasteiger partial charge in [0, 0.05) is 26.4 Å². The Morgan fingerprint density at radius 2 is 2.03 bits per heavy atom. The zero-order chi connectivity index (χ0) is 20.4. The van der Waals surface area contributed by atoms with E-state index in [-0.39, 0.29) is 17.6 Å². The molecule has 0 bridgehead atoms. The average molecular weight is 429 g/mol. The summed E-state index contributed by atoms with van der Waals surface area (Å²) in [4.78, 5) is 30.9. The van der Waals surface area contributed by atoms with Gasteiger partial charge in [-0.3, -0.25) is 4.79 Å². The first-order valence-corrected chi connectivity index (χ1v) is 11.7. The maximum absolute atomic E-state index is 12.7. The zero-order valence-electron chi connectivity index (χ0n) is 16.6. The molecule has 1 aliphatic carbocycles. The number of anilines is 1. The fourth-order valence-corrected chi connectivity index (χ4v) is 6.05. The number of aryl methyl sites for hydroxylation is 2. The number of aromatic nitrogens is 1. The molecule has 0 fully saturated rings. The molecule has 1 amide bonds. The van der Waals surface area contributed by atoms with E-state index in [9.17, 15) is 9.59 Å². The van der Waals surface area contributed by atoms with Crippen LogP contribution in [-0.2, 0) is 22.4 Å². The van der Waals surface area contributed by atoms with E-state index in [4.69, 9.17) is 4.74 Å². The molecule has 3 aromatic rings. The number of fused-ring (bicyclic) bond motifs is 2. The highest BCUT2D eigenvalue weighted by molar-refractivity contribution is 8.00. The first-order chi connectivity index (χ1) is 14.1. The molecule has 0 radical (unpaired) electrons. The Morgan fingerprint density at radius 1 is 1.24 bits per heavy atom. The average Bonchev–Trinajstić information content (AvgIpc) is 3.22. The minimum Gasteiger partial charge on any atom is -0.462 e. The molecule has 0 saturated heterocycles. The molecule has 152 valence electrons. The summed E-state index contributed by atoms with van der Waals surface area (Å²) < 4.78 is 5.26. The van der Waals surface area contributed by atoms with Gasteiger partial charge in [-0.1, -0.05) is 18.2 Å². The van der Waals surface area contributed by atoms with E-state index in [1.807, 2.05) is 25.1 Å². The molecule has 5 nitrogen and oxygen atoms in total. The maximum atomic E-state index is 12.7. The van der Waals surface area contributed by atoms with E-state index in [0.29, 0.717) is 17.2 Å². The van der Waals surface area contributed by atoms with Crippen LogP contribution in [0.3, 0.4) is 0 Å². The number of ether oxygens (including phenoxy) is 1. The Morgan fingerprint density at radius 3 is 2.86 bits per heavy atom. The quantitative estimate of drug-likeness (QED) is 0.411. The van der Waals surface area contributed by atoms with Crippen molar-refractivity contribution in [2.75, 3.05) is 17.7 Å². The van der Waals surface area contributed by atoms with Crippen LogP contribution < -0.4 is 5.32 Å². The predicted molar refractivity (Wildman–Crippen MR) is 119 cm³/mol. The fraction of sp³-hybridized carbons (Fsp3) is 0.364. The van der Waals surface area contributed by atoms with Crippen LogP contribution in [0.15, 0.2) is 29.2 Å². The zero-order valence-corrected chi connectivity index (χ0v) is 18.2. The maximum Gasteiger partial charge on any atom is 0.341 e. The molecule has 1 aromatic carbocycles. The number of amides is 1. The molecule has 7 heteroatoms. The van der Waals surface area contributed by atoms with Crippen molar-refractivity contribution >= 4 is 50.9 Å². The lowest BCUT2D eigenvalue weighted by Crippen LogP contribution is -2.17. The molecular weight excluding hydrogens is 404 g/mol. The third-order valence-electron chi connectivity index (χ3n) is 5.09. The van der Waals surface area contributed by atoms with Crippen molar-refractivity contribution in [1.29, 1.82) is 0 Å². The van der Waals surface area contributed by atoms with Crippen molar-refractivity contribution in [3.05, 3.63) is 46.0 Å². The molecule has 2 N–H and O–H groups in total. The standard InChI is InChI=1S/C22H24N2O3S2/c1-3-27-22(26)19-15-9-5-7-11-17(15)29-21(19)24-18(25)12-28-20-13(2)23-16-10-6-4-8-14(16)20/h4,6,8,10,23H,3,5,7,9,11-12H2,1-2H3,(H,24,25). The van der Waals surface area contributed by atoms with Crippen LogP contribution in [0, 0.1) is 6.92 Å². The van der Waals surface area contributed by atoms with E-state index < -0.39 is 0 Å². The van der Waals surface area contributed by atoms with E-state index >= 15 is 0 Å². The number of thioether (sulfide) groups is 1. The first-order valence-electron chi connectivity index (χ1n) is 9.90. The molecule has 0 atom stereocenters. The van der Waals surface area contributed by atoms with E-state index in [0.717, 1.165) is 52.7 Å². The largest absolute Gasteiger partial charge is 0.462 e. The van der Waals surface area contributed by atoms with Gasteiger partial charge in [0.1, 0.15) is 5.00 Å². The van der Waals surface area contributed by atoms with E-state index in [2.05, 4.69) is 16.4 Å². The van der Waals surface area contributed by atoms with Crippen LogP contribution in [0.4, 0.5) is 5.00 Å². The van der Waals surface area contributed by atoms with Crippen LogP contribution >= 0.6 is 23.1 Å². The van der Waals surface area contributed by atoms with Gasteiger partial charge in [-0.05, 0) is 51.2 Å². The number of aromatic amines is 1. The molecule has 1 aliphatic rings. The van der Waals surface area contributed by atoms with Crippen LogP contribution in [0.1, 0.15) is 46.3 Å². The van der Waals surface area contributed by atoms with Gasteiger partial charge >= 0.3 is 5.97 Å². The summed E-state index contributed by atoms with van der Waals surface area (Å²) in [5.41, 5.74) is 3.76. The predicted octanol–water partition coefficient (Wildman–Crippen LogP) is 5.32. The normalized spacial score (nSPS) is 13.3. The number of hydrogen-bond acceptors (Lipinski definition) is 5. The smallest absolute Gasteiger partial charge is 0.341 e. The fourth-order valence-electron chi connectivity index (χ4n) is 3.81. The lowest BCUT2D eigenvalue weighted by molar-refractivity contribution is -0.113. The van der Waals surface area contributed by atoms with Gasteiger partial charge in [-0.2, -0.15) is 0 Å². The molecular formula is C22H24N2O3S2. The van der Waals surface area contributed by atoms with Crippen molar-refractivity contribution in [2.45, 2.75) is 44.4 Å². The first kappa shape index (κ1) is 20.0. The summed E-state index contributed by atoms with van der Waals surface area (Å²) in [6, 6.07) is 8.09. The molecule has 0 aliphatic heterocycles. The minimum absolute atomic E-state index is 0.108. The van der Waals surface area contributed by atoms with Crippen molar-refractivity contribution in [1.82, 2.24) is 4.98 Å². The Hall–Kier alpha value is -2.25. The summed E-state index contributed by atoms with van der Waals surface area (Å²) >= 11 is 3.04. The van der Waals surface area contributed by atoms with E-state index in [1.165, 1.54) is 28.0 Å². The second kappa shape index (κ2) is 8.63. The Balaban J connectivity index is 1.51. The topological polar surface area (TPSA) is 71.2 Å². The van der Waals surface area contributed by atoms with Gasteiger partial charge in [-0.15, -0.1) is 23.1 Å². The molecule has 0 spiro atoms. The molecule has 0 saturated carbocycles. The van der Waals surface area contributed by atoms with Crippen molar-refractivity contribution in [3.8, 4) is 0 Å².